The summed E-state index contributed by atoms with van der Waals surface area (Å²) in [6.45, 7) is 2.51. The molecule has 2 aromatic carbocycles. The summed E-state index contributed by atoms with van der Waals surface area (Å²) in [5.74, 6) is 0.147. The normalized spacial score (nSPS) is 18.8. The van der Waals surface area contributed by atoms with E-state index < -0.39 is 0 Å². The minimum Gasteiger partial charge on any atom is -0.350 e. The van der Waals surface area contributed by atoms with Crippen LogP contribution >= 0.6 is 0 Å². The minimum atomic E-state index is -0.238. The van der Waals surface area contributed by atoms with Crippen molar-refractivity contribution in [2.24, 2.45) is 18.9 Å². The van der Waals surface area contributed by atoms with Crippen LogP contribution in [0.25, 0.3) is 16.6 Å². The predicted molar refractivity (Wildman–Crippen MR) is 137 cm³/mol. The molecule has 2 saturated heterocycles. The zero-order valence-electron chi connectivity index (χ0n) is 20.4. The van der Waals surface area contributed by atoms with Gasteiger partial charge in [-0.2, -0.15) is 15.0 Å². The average molecular weight is 498 g/mol. The Balaban J connectivity index is 1.06. The Morgan fingerprint density at radius 2 is 1.62 bits per heavy atom. The Morgan fingerprint density at radius 1 is 0.946 bits per heavy atom. The highest BCUT2D eigenvalue weighted by molar-refractivity contribution is 5.97. The van der Waals surface area contributed by atoms with Crippen molar-refractivity contribution in [3.8, 4) is 5.69 Å². The summed E-state index contributed by atoms with van der Waals surface area (Å²) in [5, 5.41) is 12.2. The maximum Gasteiger partial charge on any atom is 0.317 e. The van der Waals surface area contributed by atoms with E-state index in [2.05, 4.69) is 15.5 Å². The number of fused-ring (bicyclic) bond motifs is 2. The lowest BCUT2D eigenvalue weighted by Gasteiger charge is -2.22. The SMILES string of the molecule is Cn1cc(C(=O)N2C[C@H]3CN(C(=O)NCc4cnn(-c5ccccc5)n4)C[C@H]3C2)c(=O)c2ccccc21. The highest BCUT2D eigenvalue weighted by Crippen LogP contribution is 2.31. The van der Waals surface area contributed by atoms with Crippen molar-refractivity contribution in [1.82, 2.24) is 34.7 Å². The molecule has 0 spiro atoms. The molecule has 4 aromatic rings. The van der Waals surface area contributed by atoms with E-state index in [1.54, 1.807) is 28.3 Å². The second-order valence-corrected chi connectivity index (χ2v) is 9.75. The van der Waals surface area contributed by atoms with Crippen molar-refractivity contribution in [1.29, 1.82) is 0 Å². The van der Waals surface area contributed by atoms with Gasteiger partial charge < -0.3 is 19.7 Å². The molecule has 188 valence electrons. The predicted octanol–water partition coefficient (Wildman–Crippen LogP) is 2.03. The molecule has 0 aliphatic carbocycles. The summed E-state index contributed by atoms with van der Waals surface area (Å²) in [6.07, 6.45) is 3.28. The molecule has 0 bridgehead atoms. The van der Waals surface area contributed by atoms with Crippen LogP contribution in [0.15, 0.2) is 71.8 Å². The van der Waals surface area contributed by atoms with E-state index in [0.29, 0.717) is 37.3 Å². The number of hydrogen-bond donors (Lipinski definition) is 1. The second-order valence-electron chi connectivity index (χ2n) is 9.75. The fourth-order valence-electron chi connectivity index (χ4n) is 5.43. The van der Waals surface area contributed by atoms with E-state index in [9.17, 15) is 14.4 Å². The first-order valence-electron chi connectivity index (χ1n) is 12.3. The summed E-state index contributed by atoms with van der Waals surface area (Å²) in [7, 11) is 1.84. The smallest absolute Gasteiger partial charge is 0.317 e. The number of carbonyl (C=O) groups excluding carboxylic acids is 2. The molecule has 2 aromatic heterocycles. The van der Waals surface area contributed by atoms with Crippen LogP contribution in [-0.4, -0.2) is 67.5 Å². The molecule has 4 heterocycles. The van der Waals surface area contributed by atoms with Gasteiger partial charge in [0.15, 0.2) is 0 Å². The van der Waals surface area contributed by atoms with E-state index >= 15 is 0 Å². The average Bonchev–Trinajstić information content (AvgIpc) is 3.65. The molecule has 6 rings (SSSR count). The van der Waals surface area contributed by atoms with Crippen molar-refractivity contribution in [3.63, 3.8) is 0 Å². The third-order valence-electron chi connectivity index (χ3n) is 7.33. The summed E-state index contributed by atoms with van der Waals surface area (Å²) < 4.78 is 1.82. The van der Waals surface area contributed by atoms with Gasteiger partial charge in [0, 0.05) is 56.6 Å². The summed E-state index contributed by atoms with van der Waals surface area (Å²) in [6, 6.07) is 16.8. The number of urea groups is 1. The molecular formula is C27H27N7O3. The Labute approximate surface area is 213 Å². The first kappa shape index (κ1) is 23.0. The number of amides is 3. The molecule has 1 N–H and O–H groups in total. The summed E-state index contributed by atoms with van der Waals surface area (Å²) in [4.78, 5) is 44.2. The second kappa shape index (κ2) is 9.20. The van der Waals surface area contributed by atoms with Gasteiger partial charge in [-0.1, -0.05) is 30.3 Å². The third-order valence-corrected chi connectivity index (χ3v) is 7.33. The zero-order valence-corrected chi connectivity index (χ0v) is 20.4. The molecule has 2 atom stereocenters. The van der Waals surface area contributed by atoms with E-state index in [4.69, 9.17) is 0 Å². The van der Waals surface area contributed by atoms with Crippen LogP contribution in [0.5, 0.6) is 0 Å². The number of pyridine rings is 1. The number of para-hydroxylation sites is 2. The van der Waals surface area contributed by atoms with Crippen molar-refractivity contribution in [2.75, 3.05) is 26.2 Å². The van der Waals surface area contributed by atoms with Crippen LogP contribution in [0, 0.1) is 11.8 Å². The molecule has 0 unspecified atom stereocenters. The standard InChI is InChI=1S/C27H27N7O3/c1-31-17-23(25(35)22-9-5-6-10-24(22)31)26(36)32-13-18-15-33(16-19(18)14-32)27(37)28-11-20-12-29-34(30-20)21-7-3-2-4-8-21/h2-10,12,17-19H,11,13-16H2,1H3,(H,28,37)/t18-,19+. The van der Waals surface area contributed by atoms with Gasteiger partial charge in [0.05, 0.1) is 23.9 Å². The van der Waals surface area contributed by atoms with Gasteiger partial charge in [-0.25, -0.2) is 4.79 Å². The number of rotatable bonds is 4. The Hall–Kier alpha value is -4.47. The Morgan fingerprint density at radius 3 is 2.38 bits per heavy atom. The number of aromatic nitrogens is 4. The van der Waals surface area contributed by atoms with E-state index in [1.807, 2.05) is 60.1 Å². The number of likely N-dealkylation sites (tertiary alicyclic amines) is 2. The molecule has 2 aliphatic rings. The van der Waals surface area contributed by atoms with Gasteiger partial charge >= 0.3 is 6.03 Å². The number of benzene rings is 2. The van der Waals surface area contributed by atoms with Crippen LogP contribution in [0.3, 0.4) is 0 Å². The molecule has 10 nitrogen and oxygen atoms in total. The highest BCUT2D eigenvalue weighted by atomic mass is 16.2. The fourth-order valence-corrected chi connectivity index (χ4v) is 5.43. The molecule has 3 amide bonds. The van der Waals surface area contributed by atoms with Crippen molar-refractivity contribution in [3.05, 3.63) is 88.5 Å². The van der Waals surface area contributed by atoms with Crippen LogP contribution in [0.2, 0.25) is 0 Å². The Kier molecular flexibility index (Phi) is 5.71. The van der Waals surface area contributed by atoms with E-state index in [-0.39, 0.29) is 41.3 Å². The van der Waals surface area contributed by atoms with E-state index in [0.717, 1.165) is 11.2 Å². The van der Waals surface area contributed by atoms with Crippen LogP contribution in [-0.2, 0) is 13.6 Å². The molecule has 10 heteroatoms. The van der Waals surface area contributed by atoms with Crippen molar-refractivity contribution < 1.29 is 9.59 Å². The number of hydrogen-bond acceptors (Lipinski definition) is 5. The van der Waals surface area contributed by atoms with Gasteiger partial charge in [-0.05, 0) is 24.3 Å². The van der Waals surface area contributed by atoms with Crippen molar-refractivity contribution in [2.45, 2.75) is 6.54 Å². The molecule has 37 heavy (non-hydrogen) atoms. The van der Waals surface area contributed by atoms with Gasteiger partial charge in [0.1, 0.15) is 11.3 Å². The number of nitrogens with one attached hydrogen (secondary N) is 1. The van der Waals surface area contributed by atoms with Gasteiger partial charge in [0.2, 0.25) is 5.43 Å². The van der Waals surface area contributed by atoms with Crippen LogP contribution < -0.4 is 10.7 Å². The van der Waals surface area contributed by atoms with Gasteiger partial charge in [-0.15, -0.1) is 0 Å². The van der Waals surface area contributed by atoms with Crippen molar-refractivity contribution >= 4 is 22.8 Å². The molecule has 0 saturated carbocycles. The maximum atomic E-state index is 13.3. The first-order chi connectivity index (χ1) is 18.0. The monoisotopic (exact) mass is 497 g/mol. The lowest BCUT2D eigenvalue weighted by atomic mass is 10.0. The van der Waals surface area contributed by atoms with Gasteiger partial charge in [-0.3, -0.25) is 9.59 Å². The van der Waals surface area contributed by atoms with Crippen LogP contribution in [0.1, 0.15) is 16.1 Å². The summed E-state index contributed by atoms with van der Waals surface area (Å²) in [5.41, 5.74) is 2.28. The fraction of sp³-hybridized carbons (Fsp3) is 0.296. The minimum absolute atomic E-state index is 0.148. The summed E-state index contributed by atoms with van der Waals surface area (Å²) >= 11 is 0. The highest BCUT2D eigenvalue weighted by Gasteiger charge is 2.43. The lowest BCUT2D eigenvalue weighted by molar-refractivity contribution is 0.0775. The molecule has 2 aliphatic heterocycles. The maximum absolute atomic E-state index is 13.3. The van der Waals surface area contributed by atoms with E-state index in [1.165, 1.54) is 4.80 Å². The third kappa shape index (κ3) is 4.24. The zero-order chi connectivity index (χ0) is 25.5. The number of aryl methyl sites for hydroxylation is 1. The Bertz CT molecular complexity index is 1530. The number of nitrogens with zero attached hydrogens (tertiary/aromatic N) is 6. The topological polar surface area (TPSA) is 105 Å². The molecule has 0 radical (unpaired) electrons. The lowest BCUT2D eigenvalue weighted by Crippen LogP contribution is -2.41. The molecular weight excluding hydrogens is 470 g/mol. The largest absolute Gasteiger partial charge is 0.350 e. The first-order valence-corrected chi connectivity index (χ1v) is 12.3. The molecule has 2 fully saturated rings. The van der Waals surface area contributed by atoms with Crippen LogP contribution in [0.4, 0.5) is 4.79 Å². The van der Waals surface area contributed by atoms with Gasteiger partial charge in [0.25, 0.3) is 5.91 Å². The quantitative estimate of drug-likeness (QED) is 0.465. The number of carbonyl (C=O) groups is 2.